The van der Waals surface area contributed by atoms with Crippen molar-refractivity contribution < 1.29 is 23.1 Å². The summed E-state index contributed by atoms with van der Waals surface area (Å²) >= 11 is 0. The van der Waals surface area contributed by atoms with E-state index in [0.29, 0.717) is 16.6 Å². The van der Waals surface area contributed by atoms with E-state index in [2.05, 4.69) is 0 Å². The van der Waals surface area contributed by atoms with E-state index in [-0.39, 0.29) is 5.56 Å². The van der Waals surface area contributed by atoms with Gasteiger partial charge in [-0.05, 0) is 29.0 Å². The maximum atomic E-state index is 13.2. The quantitative estimate of drug-likeness (QED) is 0.890. The van der Waals surface area contributed by atoms with Gasteiger partial charge in [-0.2, -0.15) is 13.2 Å². The number of benzene rings is 2. The topological polar surface area (TPSA) is 40.5 Å². The van der Waals surface area contributed by atoms with Crippen LogP contribution in [0.15, 0.2) is 54.6 Å². The average molecular weight is 333 g/mol. The molecule has 0 aliphatic carbocycles. The normalized spacial score (nSPS) is 17.9. The number of rotatable bonds is 2. The molecule has 0 fully saturated rings. The lowest BCUT2D eigenvalue weighted by atomic mass is 9.97. The van der Waals surface area contributed by atoms with Gasteiger partial charge < -0.3 is 10.0 Å². The van der Waals surface area contributed by atoms with Crippen molar-refractivity contribution in [1.29, 1.82) is 0 Å². The molecule has 0 bridgehead atoms. The number of carboxylic acid groups (broad SMARTS) is 1. The van der Waals surface area contributed by atoms with E-state index in [0.717, 1.165) is 16.4 Å². The number of carboxylic acids is 1. The van der Waals surface area contributed by atoms with Crippen LogP contribution in [0.4, 0.5) is 13.2 Å². The number of halogens is 3. The van der Waals surface area contributed by atoms with Crippen molar-refractivity contribution in [3.63, 3.8) is 0 Å². The molecule has 0 radical (unpaired) electrons. The highest BCUT2D eigenvalue weighted by molar-refractivity contribution is 5.99. The summed E-state index contributed by atoms with van der Waals surface area (Å²) in [6.07, 6.45) is -0.309. The lowest BCUT2D eigenvalue weighted by Crippen LogP contribution is -2.42. The molecule has 3 nitrogen and oxygen atoms in total. The monoisotopic (exact) mass is 333 g/mol. The molecule has 2 aromatic carbocycles. The Balaban J connectivity index is 2.15. The van der Waals surface area contributed by atoms with Crippen LogP contribution < -0.4 is 0 Å². The molecular weight excluding hydrogens is 319 g/mol. The molecular formula is C18H14F3NO2. The molecule has 124 valence electrons. The van der Waals surface area contributed by atoms with E-state index in [1.54, 1.807) is 30.3 Å². The van der Waals surface area contributed by atoms with E-state index < -0.39 is 18.2 Å². The van der Waals surface area contributed by atoms with Gasteiger partial charge in [-0.1, -0.05) is 36.4 Å². The summed E-state index contributed by atoms with van der Waals surface area (Å²) in [6, 6.07) is 8.15. The second kappa shape index (κ2) is 5.70. The van der Waals surface area contributed by atoms with Crippen LogP contribution in [0.2, 0.25) is 0 Å². The Morgan fingerprint density at radius 1 is 1.21 bits per heavy atom. The Bertz CT molecular complexity index is 868. The first kappa shape index (κ1) is 16.1. The summed E-state index contributed by atoms with van der Waals surface area (Å²) < 4.78 is 39.5. The minimum atomic E-state index is -4.39. The van der Waals surface area contributed by atoms with Crippen LogP contribution in [0.5, 0.6) is 0 Å². The molecule has 1 aliphatic heterocycles. The van der Waals surface area contributed by atoms with Crippen molar-refractivity contribution in [1.82, 2.24) is 4.90 Å². The van der Waals surface area contributed by atoms with Gasteiger partial charge in [-0.25, -0.2) is 4.79 Å². The van der Waals surface area contributed by atoms with Crippen molar-refractivity contribution in [2.45, 2.75) is 12.2 Å². The lowest BCUT2D eigenvalue weighted by Gasteiger charge is -2.34. The highest BCUT2D eigenvalue weighted by atomic mass is 19.4. The van der Waals surface area contributed by atoms with Gasteiger partial charge in [-0.15, -0.1) is 0 Å². The van der Waals surface area contributed by atoms with Gasteiger partial charge in [-0.3, -0.25) is 0 Å². The summed E-state index contributed by atoms with van der Waals surface area (Å²) in [4.78, 5) is 12.4. The number of alkyl halides is 3. The number of likely N-dealkylation sites (N-methyl/N-ethyl adjacent to an activating group) is 1. The summed E-state index contributed by atoms with van der Waals surface area (Å²) in [5.74, 6) is -1.08. The average Bonchev–Trinajstić information content (AvgIpc) is 2.53. The number of carbonyl (C=O) groups is 1. The Morgan fingerprint density at radius 3 is 2.62 bits per heavy atom. The fourth-order valence-electron chi connectivity index (χ4n) is 2.89. The third-order valence-electron chi connectivity index (χ3n) is 4.09. The van der Waals surface area contributed by atoms with E-state index >= 15 is 0 Å². The fourth-order valence-corrected chi connectivity index (χ4v) is 2.89. The standard InChI is InChI=1S/C18H14F3NO2/c1-22-15(6-3-7-16(22)18(19,20)21)13-5-2-4-11-8-9-12(17(23)24)10-14(11)13/h2-10,16H,1H3,(H,23,24). The minimum Gasteiger partial charge on any atom is -0.478 e. The maximum Gasteiger partial charge on any atom is 0.412 e. The van der Waals surface area contributed by atoms with Gasteiger partial charge in [0.1, 0.15) is 6.04 Å². The van der Waals surface area contributed by atoms with Crippen LogP contribution in [0, 0.1) is 0 Å². The smallest absolute Gasteiger partial charge is 0.412 e. The molecule has 1 heterocycles. The van der Waals surface area contributed by atoms with Crippen molar-refractivity contribution in [2.75, 3.05) is 7.05 Å². The molecule has 2 aromatic rings. The van der Waals surface area contributed by atoms with Crippen molar-refractivity contribution >= 4 is 22.4 Å². The molecule has 0 aromatic heterocycles. The first-order valence-electron chi connectivity index (χ1n) is 7.23. The first-order valence-corrected chi connectivity index (χ1v) is 7.23. The second-order valence-corrected chi connectivity index (χ2v) is 5.58. The van der Waals surface area contributed by atoms with Crippen LogP contribution in [0.3, 0.4) is 0 Å². The van der Waals surface area contributed by atoms with Gasteiger partial charge in [0.15, 0.2) is 0 Å². The number of nitrogens with zero attached hydrogens (tertiary/aromatic N) is 1. The Labute approximate surface area is 136 Å². The van der Waals surface area contributed by atoms with Gasteiger partial charge in [0.05, 0.1) is 5.56 Å². The fraction of sp³-hybridized carbons (Fsp3) is 0.167. The van der Waals surface area contributed by atoms with Gasteiger partial charge in [0.2, 0.25) is 0 Å². The summed E-state index contributed by atoms with van der Waals surface area (Å²) in [7, 11) is 1.38. The first-order chi connectivity index (χ1) is 11.3. The van der Waals surface area contributed by atoms with Crippen LogP contribution in [0.25, 0.3) is 16.5 Å². The molecule has 6 heteroatoms. The van der Waals surface area contributed by atoms with Crippen LogP contribution >= 0.6 is 0 Å². The number of hydrogen-bond donors (Lipinski definition) is 1. The molecule has 0 amide bonds. The van der Waals surface area contributed by atoms with Crippen molar-refractivity contribution in [3.05, 3.63) is 65.8 Å². The second-order valence-electron chi connectivity index (χ2n) is 5.58. The maximum absolute atomic E-state index is 13.2. The number of allylic oxidation sites excluding steroid dienone is 2. The predicted molar refractivity (Wildman–Crippen MR) is 85.6 cm³/mol. The Hall–Kier alpha value is -2.76. The largest absolute Gasteiger partial charge is 0.478 e. The minimum absolute atomic E-state index is 0.0944. The predicted octanol–water partition coefficient (Wildman–Crippen LogP) is 4.31. The lowest BCUT2D eigenvalue weighted by molar-refractivity contribution is -0.159. The van der Waals surface area contributed by atoms with Crippen LogP contribution in [-0.4, -0.2) is 35.2 Å². The third kappa shape index (κ3) is 2.75. The van der Waals surface area contributed by atoms with Crippen LogP contribution in [-0.2, 0) is 0 Å². The Kier molecular flexibility index (Phi) is 3.83. The molecule has 24 heavy (non-hydrogen) atoms. The Morgan fingerprint density at radius 2 is 1.96 bits per heavy atom. The SMILES string of the molecule is CN1C(c2cccc3ccc(C(=O)O)cc23)=CC=CC1C(F)(F)F. The zero-order valence-electron chi connectivity index (χ0n) is 12.7. The molecule has 0 saturated carbocycles. The number of fused-ring (bicyclic) bond motifs is 1. The van der Waals surface area contributed by atoms with Crippen molar-refractivity contribution in [2.24, 2.45) is 0 Å². The molecule has 0 spiro atoms. The molecule has 1 atom stereocenters. The van der Waals surface area contributed by atoms with E-state index in [1.165, 1.54) is 25.3 Å². The highest BCUT2D eigenvalue weighted by Crippen LogP contribution is 2.35. The number of hydrogen-bond acceptors (Lipinski definition) is 2. The molecule has 1 aliphatic rings. The number of aromatic carboxylic acids is 1. The van der Waals surface area contributed by atoms with E-state index in [4.69, 9.17) is 5.11 Å². The van der Waals surface area contributed by atoms with E-state index in [9.17, 15) is 18.0 Å². The summed E-state index contributed by atoms with van der Waals surface area (Å²) in [5, 5.41) is 10.5. The third-order valence-corrected chi connectivity index (χ3v) is 4.09. The molecule has 0 saturated heterocycles. The molecule has 3 rings (SSSR count). The van der Waals surface area contributed by atoms with Crippen LogP contribution in [0.1, 0.15) is 15.9 Å². The summed E-state index contributed by atoms with van der Waals surface area (Å²) in [5.41, 5.74) is 1.06. The zero-order valence-corrected chi connectivity index (χ0v) is 12.7. The van der Waals surface area contributed by atoms with Gasteiger partial charge >= 0.3 is 12.1 Å². The van der Waals surface area contributed by atoms with Crippen molar-refractivity contribution in [3.8, 4) is 0 Å². The van der Waals surface area contributed by atoms with Gasteiger partial charge in [0.25, 0.3) is 0 Å². The zero-order chi connectivity index (χ0) is 17.5. The van der Waals surface area contributed by atoms with Gasteiger partial charge in [0, 0.05) is 18.3 Å². The van der Waals surface area contributed by atoms with E-state index in [1.807, 2.05) is 0 Å². The summed E-state index contributed by atoms with van der Waals surface area (Å²) in [6.45, 7) is 0. The molecule has 1 N–H and O–H groups in total. The highest BCUT2D eigenvalue weighted by Gasteiger charge is 2.42. The molecule has 1 unspecified atom stereocenters.